The average molecular weight is 494 g/mol. The summed E-state index contributed by atoms with van der Waals surface area (Å²) in [7, 11) is -3.65. The third-order valence-electron chi connectivity index (χ3n) is 6.60. The summed E-state index contributed by atoms with van der Waals surface area (Å²) >= 11 is 0. The maximum Gasteiger partial charge on any atom is 0.310 e. The van der Waals surface area contributed by atoms with Gasteiger partial charge in [0.15, 0.2) is 0 Å². The average Bonchev–Trinajstić information content (AvgIpc) is 2.83. The van der Waals surface area contributed by atoms with Crippen LogP contribution in [0.5, 0.6) is 0 Å². The van der Waals surface area contributed by atoms with Crippen LogP contribution in [0.1, 0.15) is 52.4 Å². The summed E-state index contributed by atoms with van der Waals surface area (Å²) in [5.74, 6) is -0.480. The van der Waals surface area contributed by atoms with E-state index in [0.717, 1.165) is 38.5 Å². The van der Waals surface area contributed by atoms with Gasteiger partial charge in [-0.1, -0.05) is 0 Å². The molecule has 0 spiro atoms. The van der Waals surface area contributed by atoms with Gasteiger partial charge in [0.05, 0.1) is 17.4 Å². The van der Waals surface area contributed by atoms with Crippen molar-refractivity contribution in [2.24, 2.45) is 17.8 Å². The lowest BCUT2D eigenvalue weighted by atomic mass is 9.81. The molecule has 1 saturated carbocycles. The summed E-state index contributed by atoms with van der Waals surface area (Å²) in [4.78, 5) is 38.1. The summed E-state index contributed by atoms with van der Waals surface area (Å²) in [5, 5.41) is 2.61. The molecular weight excluding hydrogens is 458 g/mol. The molecule has 2 fully saturated rings. The van der Waals surface area contributed by atoms with Crippen molar-refractivity contribution in [2.45, 2.75) is 57.3 Å². The van der Waals surface area contributed by atoms with E-state index in [0.29, 0.717) is 31.9 Å². The minimum Gasteiger partial charge on any atom is -0.466 e. The molecular formula is C24H35N3O6S. The van der Waals surface area contributed by atoms with Crippen LogP contribution in [0, 0.1) is 17.8 Å². The molecule has 34 heavy (non-hydrogen) atoms. The first-order chi connectivity index (χ1) is 16.2. The fourth-order valence-electron chi connectivity index (χ4n) is 4.73. The molecule has 188 valence electrons. The highest BCUT2D eigenvalue weighted by atomic mass is 32.2. The van der Waals surface area contributed by atoms with Crippen molar-refractivity contribution in [2.75, 3.05) is 31.6 Å². The van der Waals surface area contributed by atoms with E-state index in [2.05, 4.69) is 10.0 Å². The molecule has 1 aliphatic carbocycles. The third-order valence-corrected chi connectivity index (χ3v) is 8.04. The number of nitrogens with zero attached hydrogens (tertiary/aromatic N) is 1. The molecule has 1 aromatic carbocycles. The first-order valence-corrected chi connectivity index (χ1v) is 13.5. The Labute approximate surface area is 201 Å². The summed E-state index contributed by atoms with van der Waals surface area (Å²) in [6.07, 6.45) is 4.54. The van der Waals surface area contributed by atoms with Gasteiger partial charge in [-0.3, -0.25) is 14.4 Å². The van der Waals surface area contributed by atoms with Crippen molar-refractivity contribution in [3.8, 4) is 0 Å². The Kier molecular flexibility index (Phi) is 9.07. The minimum atomic E-state index is -3.65. The largest absolute Gasteiger partial charge is 0.466 e. The number of amides is 2. The predicted octanol–water partition coefficient (Wildman–Crippen LogP) is 2.53. The Bertz CT molecular complexity index is 971. The lowest BCUT2D eigenvalue weighted by Gasteiger charge is -2.36. The van der Waals surface area contributed by atoms with Crippen LogP contribution in [0.25, 0.3) is 0 Å². The number of sulfonamides is 1. The first-order valence-electron chi connectivity index (χ1n) is 12.0. The molecule has 3 rings (SSSR count). The second-order valence-corrected chi connectivity index (χ2v) is 10.9. The first kappa shape index (κ1) is 26.2. The summed E-state index contributed by atoms with van der Waals surface area (Å²) < 4.78 is 33.1. The second kappa shape index (κ2) is 11.8. The van der Waals surface area contributed by atoms with E-state index in [1.54, 1.807) is 19.1 Å². The van der Waals surface area contributed by atoms with Crippen LogP contribution in [0.15, 0.2) is 29.2 Å². The minimum absolute atomic E-state index is 0.0740. The quantitative estimate of drug-likeness (QED) is 0.537. The number of hydrogen-bond acceptors (Lipinski definition) is 6. The Morgan fingerprint density at radius 2 is 1.71 bits per heavy atom. The molecule has 1 atom stereocenters. The van der Waals surface area contributed by atoms with Crippen molar-refractivity contribution in [3.63, 3.8) is 0 Å². The number of likely N-dealkylation sites (tertiary alicyclic amines) is 1. The summed E-state index contributed by atoms with van der Waals surface area (Å²) in [6.45, 7) is 4.95. The third kappa shape index (κ3) is 7.02. The standard InChI is InChI=1S/C24H35N3O6S/c1-3-33-24(30)20-5-4-14-27(16-20)23(29)19-8-6-18(7-9-19)15-25-34(31,32)22-12-10-21(11-13-22)26-17(2)28/h10-13,18-20,25H,3-9,14-16H2,1-2H3,(H,26,28)/t18?,19?,20-/m0/s1. The Hall–Kier alpha value is -2.46. The van der Waals surface area contributed by atoms with Gasteiger partial charge in [-0.05, 0) is 75.6 Å². The van der Waals surface area contributed by atoms with E-state index in [-0.39, 0.29) is 40.4 Å². The number of piperidine rings is 1. The highest BCUT2D eigenvalue weighted by Gasteiger charge is 2.34. The molecule has 0 aromatic heterocycles. The van der Waals surface area contributed by atoms with Crippen molar-refractivity contribution in [1.29, 1.82) is 0 Å². The monoisotopic (exact) mass is 493 g/mol. The van der Waals surface area contributed by atoms with Gasteiger partial charge in [0.1, 0.15) is 0 Å². The van der Waals surface area contributed by atoms with Crippen LogP contribution in [-0.2, 0) is 29.1 Å². The molecule has 1 aromatic rings. The molecule has 2 aliphatic rings. The molecule has 2 amide bonds. The Morgan fingerprint density at radius 1 is 1.03 bits per heavy atom. The Morgan fingerprint density at radius 3 is 2.32 bits per heavy atom. The van der Waals surface area contributed by atoms with Gasteiger partial charge in [-0.25, -0.2) is 13.1 Å². The van der Waals surface area contributed by atoms with Crippen molar-refractivity contribution in [3.05, 3.63) is 24.3 Å². The molecule has 10 heteroatoms. The van der Waals surface area contributed by atoms with E-state index in [4.69, 9.17) is 4.74 Å². The van der Waals surface area contributed by atoms with Crippen LogP contribution < -0.4 is 10.0 Å². The predicted molar refractivity (Wildman–Crippen MR) is 127 cm³/mol. The number of esters is 1. The fourth-order valence-corrected chi connectivity index (χ4v) is 5.85. The molecule has 0 radical (unpaired) electrons. The van der Waals surface area contributed by atoms with Gasteiger partial charge in [0.2, 0.25) is 21.8 Å². The number of rotatable bonds is 8. The topological polar surface area (TPSA) is 122 Å². The highest BCUT2D eigenvalue weighted by Crippen LogP contribution is 2.31. The lowest BCUT2D eigenvalue weighted by molar-refractivity contribution is -0.152. The maximum atomic E-state index is 13.0. The molecule has 1 aliphatic heterocycles. The normalized spacial score (nSPS) is 23.2. The van der Waals surface area contributed by atoms with Crippen LogP contribution >= 0.6 is 0 Å². The van der Waals surface area contributed by atoms with Gasteiger partial charge in [0.25, 0.3) is 0 Å². The van der Waals surface area contributed by atoms with Crippen LogP contribution in [0.2, 0.25) is 0 Å². The zero-order valence-corrected chi connectivity index (χ0v) is 20.7. The fraction of sp³-hybridized carbons (Fsp3) is 0.625. The van der Waals surface area contributed by atoms with Gasteiger partial charge < -0.3 is 15.0 Å². The number of carbonyl (C=O) groups excluding carboxylic acids is 3. The van der Waals surface area contributed by atoms with Crippen molar-refractivity contribution < 1.29 is 27.5 Å². The molecule has 9 nitrogen and oxygen atoms in total. The molecule has 2 N–H and O–H groups in total. The number of carbonyl (C=O) groups is 3. The van der Waals surface area contributed by atoms with E-state index in [9.17, 15) is 22.8 Å². The van der Waals surface area contributed by atoms with Crippen LogP contribution in [0.4, 0.5) is 5.69 Å². The maximum absolute atomic E-state index is 13.0. The van der Waals surface area contributed by atoms with E-state index in [1.165, 1.54) is 19.1 Å². The van der Waals surface area contributed by atoms with Gasteiger partial charge in [0, 0.05) is 38.2 Å². The smallest absolute Gasteiger partial charge is 0.310 e. The highest BCUT2D eigenvalue weighted by molar-refractivity contribution is 7.89. The van der Waals surface area contributed by atoms with Gasteiger partial charge >= 0.3 is 5.97 Å². The zero-order valence-electron chi connectivity index (χ0n) is 19.9. The van der Waals surface area contributed by atoms with E-state index in [1.807, 2.05) is 4.90 Å². The van der Waals surface area contributed by atoms with E-state index >= 15 is 0 Å². The van der Waals surface area contributed by atoms with Crippen molar-refractivity contribution in [1.82, 2.24) is 9.62 Å². The lowest BCUT2D eigenvalue weighted by Crippen LogP contribution is -2.46. The molecule has 0 bridgehead atoms. The number of anilines is 1. The number of hydrogen-bond donors (Lipinski definition) is 2. The number of ether oxygens (including phenoxy) is 1. The Balaban J connectivity index is 1.46. The summed E-state index contributed by atoms with van der Waals surface area (Å²) in [6, 6.07) is 6.04. The van der Waals surface area contributed by atoms with Gasteiger partial charge in [-0.15, -0.1) is 0 Å². The van der Waals surface area contributed by atoms with Crippen LogP contribution in [-0.4, -0.2) is 57.3 Å². The SMILES string of the molecule is CCOC(=O)[C@H]1CCCN(C(=O)C2CCC(CNS(=O)(=O)c3ccc(NC(C)=O)cc3)CC2)C1. The molecule has 0 unspecified atom stereocenters. The summed E-state index contributed by atoms with van der Waals surface area (Å²) in [5.41, 5.74) is 0.539. The van der Waals surface area contributed by atoms with Crippen molar-refractivity contribution >= 4 is 33.5 Å². The molecule has 1 heterocycles. The van der Waals surface area contributed by atoms with E-state index < -0.39 is 10.0 Å². The number of benzene rings is 1. The van der Waals surface area contributed by atoms with Crippen LogP contribution in [0.3, 0.4) is 0 Å². The molecule has 1 saturated heterocycles. The van der Waals surface area contributed by atoms with Gasteiger partial charge in [-0.2, -0.15) is 0 Å². The number of nitrogens with one attached hydrogen (secondary N) is 2. The zero-order chi connectivity index (χ0) is 24.7. The second-order valence-electron chi connectivity index (χ2n) is 9.15.